The molecule has 9 aliphatic rings. The van der Waals surface area contributed by atoms with Gasteiger partial charge in [0.1, 0.15) is 11.6 Å². The largest absolute Gasteiger partial charge is 0.371 e. The number of rotatable bonds is 11. The van der Waals surface area contributed by atoms with Crippen molar-refractivity contribution in [1.82, 2.24) is 39.5 Å². The molecule has 2 atom stereocenters. The highest BCUT2D eigenvalue weighted by molar-refractivity contribution is 6.25. The Balaban J connectivity index is 0.665. The van der Waals surface area contributed by atoms with Gasteiger partial charge in [-0.2, -0.15) is 0 Å². The summed E-state index contributed by atoms with van der Waals surface area (Å²) < 4.78 is 2.19. The van der Waals surface area contributed by atoms with Crippen molar-refractivity contribution in [1.29, 1.82) is 0 Å². The molecule has 0 radical (unpaired) electrons. The average molecular weight is 1050 g/mol. The number of amides is 7. The summed E-state index contributed by atoms with van der Waals surface area (Å²) in [5, 5.41) is 5.96. The van der Waals surface area contributed by atoms with Crippen LogP contribution < -0.4 is 20.4 Å². The quantitative estimate of drug-likeness (QED) is 0.157. The van der Waals surface area contributed by atoms with Gasteiger partial charge >= 0.3 is 0 Å². The summed E-state index contributed by atoms with van der Waals surface area (Å²) in [6.07, 6.45) is 14.4. The van der Waals surface area contributed by atoms with Crippen molar-refractivity contribution in [2.75, 3.05) is 61.4 Å². The molecule has 0 bridgehead atoms. The third-order valence-corrected chi connectivity index (χ3v) is 19.3. The minimum Gasteiger partial charge on any atom is -0.371 e. The second-order valence-corrected chi connectivity index (χ2v) is 24.1. The van der Waals surface area contributed by atoms with Crippen molar-refractivity contribution in [3.05, 3.63) is 65.5 Å². The van der Waals surface area contributed by atoms with Crippen molar-refractivity contribution in [3.8, 4) is 11.3 Å². The lowest BCUT2D eigenvalue weighted by Crippen LogP contribution is -2.58. The first-order valence-electron chi connectivity index (χ1n) is 28.8. The lowest BCUT2D eigenvalue weighted by Gasteiger charge is -2.48. The molecule has 2 aromatic carbocycles. The second-order valence-electron chi connectivity index (χ2n) is 24.1. The van der Waals surface area contributed by atoms with Gasteiger partial charge in [-0.05, 0) is 147 Å². The molecule has 18 heteroatoms. The molecule has 4 saturated heterocycles. The minimum atomic E-state index is -1.04. The zero-order chi connectivity index (χ0) is 53.0. The topological polar surface area (TPSA) is 194 Å². The van der Waals surface area contributed by atoms with Crippen LogP contribution in [0.3, 0.4) is 0 Å². The van der Waals surface area contributed by atoms with Crippen molar-refractivity contribution >= 4 is 69.6 Å². The Morgan fingerprint density at radius 3 is 2.26 bits per heavy atom. The number of piperidine rings is 3. The highest BCUT2D eigenvalue weighted by atomic mass is 16.2. The van der Waals surface area contributed by atoms with Gasteiger partial charge in [-0.25, -0.2) is 9.97 Å². The molecule has 7 amide bonds. The number of hydrogen-bond acceptors (Lipinski definition) is 12. The maximum absolute atomic E-state index is 15.3. The van der Waals surface area contributed by atoms with Crippen LogP contribution in [0.5, 0.6) is 0 Å². The molecule has 3 aliphatic carbocycles. The summed E-state index contributed by atoms with van der Waals surface area (Å²) in [5.74, 6) is -1.43. The van der Waals surface area contributed by atoms with E-state index in [4.69, 9.17) is 9.97 Å². The van der Waals surface area contributed by atoms with Crippen LogP contribution in [0.25, 0.3) is 22.3 Å². The maximum atomic E-state index is 15.3. The summed E-state index contributed by atoms with van der Waals surface area (Å²) in [5.41, 5.74) is 6.16. The van der Waals surface area contributed by atoms with E-state index < -0.39 is 35.1 Å². The van der Waals surface area contributed by atoms with E-state index in [1.807, 2.05) is 34.1 Å². The number of carbonyl (C=O) groups excluding carboxylic acids is 7. The Hall–Kier alpha value is -6.69. The monoisotopic (exact) mass is 1050 g/mol. The van der Waals surface area contributed by atoms with E-state index in [1.165, 1.54) is 19.3 Å². The van der Waals surface area contributed by atoms with Crippen molar-refractivity contribution in [2.45, 2.75) is 158 Å². The molecule has 18 nitrogen and oxygen atoms in total. The molecular formula is C59H71N11O7. The smallest absolute Gasteiger partial charge is 0.264 e. The highest BCUT2D eigenvalue weighted by Crippen LogP contribution is 2.53. The van der Waals surface area contributed by atoms with E-state index in [2.05, 4.69) is 63.1 Å². The Morgan fingerprint density at radius 1 is 0.779 bits per heavy atom. The number of likely N-dealkylation sites (tertiary alicyclic amines) is 3. The molecule has 2 N–H and O–H groups in total. The number of pyridine rings is 1. The maximum Gasteiger partial charge on any atom is 0.264 e. The average Bonchev–Trinajstić information content (AvgIpc) is 4.00. The van der Waals surface area contributed by atoms with Gasteiger partial charge < -0.3 is 34.4 Å². The first-order chi connectivity index (χ1) is 37.3. The van der Waals surface area contributed by atoms with Gasteiger partial charge in [-0.15, -0.1) is 0 Å². The third-order valence-electron chi connectivity index (χ3n) is 19.3. The predicted octanol–water partition coefficient (Wildman–Crippen LogP) is 6.42. The summed E-state index contributed by atoms with van der Waals surface area (Å²) in [7, 11) is 1.91. The molecule has 1 spiro atoms. The number of imidazole rings is 1. The van der Waals surface area contributed by atoms with Gasteiger partial charge in [0.15, 0.2) is 5.82 Å². The van der Waals surface area contributed by atoms with Gasteiger partial charge in [-0.3, -0.25) is 43.8 Å². The molecule has 77 heavy (non-hydrogen) atoms. The number of fused-ring (bicyclic) bond motifs is 4. The molecule has 6 aliphatic heterocycles. The van der Waals surface area contributed by atoms with E-state index >= 15 is 4.79 Å². The number of nitrogens with zero attached hydrogens (tertiary/aromatic N) is 9. The van der Waals surface area contributed by atoms with Crippen LogP contribution >= 0.6 is 0 Å². The van der Waals surface area contributed by atoms with Gasteiger partial charge in [0.2, 0.25) is 29.5 Å². The number of aromatic nitrogens is 3. The van der Waals surface area contributed by atoms with Crippen LogP contribution in [0.2, 0.25) is 0 Å². The normalized spacial score (nSPS) is 27.4. The van der Waals surface area contributed by atoms with Crippen LogP contribution in [0.15, 0.2) is 48.8 Å². The summed E-state index contributed by atoms with van der Waals surface area (Å²) >= 11 is 0. The Kier molecular flexibility index (Phi) is 12.5. The molecule has 13 rings (SSSR count). The zero-order valence-electron chi connectivity index (χ0n) is 44.7. The zero-order valence-corrected chi connectivity index (χ0v) is 44.7. The lowest BCUT2D eigenvalue weighted by molar-refractivity contribution is -0.140. The molecule has 1 unspecified atom stereocenters. The van der Waals surface area contributed by atoms with Crippen molar-refractivity contribution in [3.63, 3.8) is 0 Å². The predicted molar refractivity (Wildman–Crippen MR) is 289 cm³/mol. The summed E-state index contributed by atoms with van der Waals surface area (Å²) in [6.45, 7) is 8.48. The standard InChI is InChI=1S/C59H71N11O7/c1-34(2)68-33-60-45-31-44(62-52(51(45)68)61-38-13-14-38)36-12-17-43-48(28-36)69(41-29-40(30-41)65-23-5-4-6-24-65)58(77)59(43)21-26-66(27-22-59)55(74)37-20-25-67(32-37)54(73)35-10-15-39(16-11-35)64(3)46-9-7-8-42-50(46)57(76)70(56(42)75)47-18-19-49(71)63-53(47)72/h7-9,12,17,28,31,33-35,37-41,47H,4-6,10-11,13-16,18-27,29-30,32H2,1-3H3,(H,61,62)(H,63,71,72)/t35?,37-,39?,40?,41?,47?/m1/s1. The second kappa shape index (κ2) is 19.3. The molecule has 8 heterocycles. The van der Waals surface area contributed by atoms with E-state index in [0.717, 1.165) is 83.0 Å². The first kappa shape index (κ1) is 49.9. The van der Waals surface area contributed by atoms with E-state index in [0.29, 0.717) is 88.9 Å². The third kappa shape index (κ3) is 8.49. The first-order valence-corrected chi connectivity index (χ1v) is 28.8. The van der Waals surface area contributed by atoms with Crippen molar-refractivity contribution < 1.29 is 33.6 Å². The fourth-order valence-corrected chi connectivity index (χ4v) is 14.6. The molecular weight excluding hydrogens is 975 g/mol. The number of nitrogens with one attached hydrogen (secondary N) is 2. The van der Waals surface area contributed by atoms with Gasteiger partial charge in [0, 0.05) is 87.0 Å². The summed E-state index contributed by atoms with van der Waals surface area (Å²) in [4.78, 5) is 118. The van der Waals surface area contributed by atoms with E-state index in [1.54, 1.807) is 12.1 Å². The highest BCUT2D eigenvalue weighted by Gasteiger charge is 2.56. The van der Waals surface area contributed by atoms with Crippen LogP contribution in [0.1, 0.15) is 149 Å². The van der Waals surface area contributed by atoms with Gasteiger partial charge in [-0.1, -0.05) is 24.6 Å². The van der Waals surface area contributed by atoms with Crippen molar-refractivity contribution in [2.24, 2.45) is 11.8 Å². The van der Waals surface area contributed by atoms with Crippen LogP contribution in [-0.4, -0.2) is 152 Å². The fraction of sp³-hybridized carbons (Fsp3) is 0.576. The van der Waals surface area contributed by atoms with Crippen LogP contribution in [-0.2, 0) is 29.4 Å². The molecule has 404 valence electrons. The van der Waals surface area contributed by atoms with E-state index in [9.17, 15) is 28.8 Å². The van der Waals surface area contributed by atoms with Gasteiger partial charge in [0.05, 0.1) is 45.7 Å². The number of benzene rings is 2. The lowest BCUT2D eigenvalue weighted by atomic mass is 9.73. The van der Waals surface area contributed by atoms with Crippen LogP contribution in [0, 0.1) is 11.8 Å². The minimum absolute atomic E-state index is 0.0156. The molecule has 2 aromatic heterocycles. The molecule has 3 saturated carbocycles. The fourth-order valence-electron chi connectivity index (χ4n) is 14.6. The van der Waals surface area contributed by atoms with Crippen LogP contribution in [0.4, 0.5) is 17.2 Å². The number of carbonyl (C=O) groups is 7. The summed E-state index contributed by atoms with van der Waals surface area (Å²) in [6, 6.07) is 14.0. The van der Waals surface area contributed by atoms with Gasteiger partial charge in [0.25, 0.3) is 11.8 Å². The number of imide groups is 2. The molecule has 4 aromatic rings. The number of hydrogen-bond donors (Lipinski definition) is 2. The number of anilines is 3. The SMILES string of the molecule is CC(C)n1cnc2cc(-c3ccc4c(c3)N(C3CC(N5CCCCC5)C3)C(=O)C43CCN(C(=O)[C@@H]4CCN(C(=O)C5CCC(N(C)c6cccc7c6C(=O)N(C6CCC(=O)NC6=O)C7=O)CC5)C4)CC3)nc(NC3CC3)c21. The Morgan fingerprint density at radius 2 is 1.53 bits per heavy atom. The Bertz CT molecular complexity index is 3100. The Labute approximate surface area is 449 Å². The van der Waals surface area contributed by atoms with E-state index in [-0.39, 0.29) is 71.7 Å². The molecule has 7 fully saturated rings.